The Morgan fingerprint density at radius 2 is 1.85 bits per heavy atom. The second kappa shape index (κ2) is 7.47. The molecule has 8 heteroatoms. The van der Waals surface area contributed by atoms with E-state index in [0.29, 0.717) is 27.3 Å². The van der Waals surface area contributed by atoms with Gasteiger partial charge in [-0.3, -0.25) is 4.79 Å². The number of thioether (sulfide) groups is 1. The molecule has 0 radical (unpaired) electrons. The zero-order chi connectivity index (χ0) is 19.0. The van der Waals surface area contributed by atoms with Gasteiger partial charge in [-0.05, 0) is 24.1 Å². The molecule has 3 aromatic rings. The van der Waals surface area contributed by atoms with Crippen LogP contribution in [-0.2, 0) is 0 Å². The van der Waals surface area contributed by atoms with Crippen molar-refractivity contribution in [3.05, 3.63) is 64.7 Å². The Balaban J connectivity index is 1.38. The number of rotatable bonds is 6. The molecule has 1 aliphatic rings. The highest BCUT2D eigenvalue weighted by Crippen LogP contribution is 2.59. The van der Waals surface area contributed by atoms with E-state index in [1.807, 2.05) is 24.3 Å². The summed E-state index contributed by atoms with van der Waals surface area (Å²) in [6.07, 6.45) is 0.740. The second-order valence-electron chi connectivity index (χ2n) is 6.20. The van der Waals surface area contributed by atoms with Crippen LogP contribution in [0.4, 0.5) is 0 Å². The van der Waals surface area contributed by atoms with Crippen molar-refractivity contribution < 1.29 is 9.21 Å². The van der Waals surface area contributed by atoms with Crippen LogP contribution >= 0.6 is 46.6 Å². The van der Waals surface area contributed by atoms with Crippen LogP contribution in [0.2, 0.25) is 5.02 Å². The van der Waals surface area contributed by atoms with Gasteiger partial charge in [0.25, 0.3) is 5.22 Å². The lowest BCUT2D eigenvalue weighted by atomic mass is 10.1. The van der Waals surface area contributed by atoms with E-state index < -0.39 is 4.33 Å². The zero-order valence-corrected chi connectivity index (χ0v) is 16.9. The fourth-order valence-electron chi connectivity index (χ4n) is 2.70. The second-order valence-corrected chi connectivity index (χ2v) is 9.08. The topological polar surface area (TPSA) is 56.0 Å². The van der Waals surface area contributed by atoms with Crippen molar-refractivity contribution in [3.8, 4) is 11.5 Å². The van der Waals surface area contributed by atoms with Crippen molar-refractivity contribution in [2.24, 2.45) is 0 Å². The summed E-state index contributed by atoms with van der Waals surface area (Å²) in [6, 6.07) is 14.6. The van der Waals surface area contributed by atoms with E-state index in [9.17, 15) is 4.79 Å². The van der Waals surface area contributed by atoms with E-state index in [0.717, 1.165) is 12.0 Å². The monoisotopic (exact) mass is 438 g/mol. The van der Waals surface area contributed by atoms with Crippen LogP contribution in [0.5, 0.6) is 0 Å². The van der Waals surface area contributed by atoms with Gasteiger partial charge in [-0.15, -0.1) is 33.4 Å². The van der Waals surface area contributed by atoms with E-state index >= 15 is 0 Å². The molecule has 1 aromatic heterocycles. The lowest BCUT2D eigenvalue weighted by molar-refractivity contribution is 0.102. The number of benzene rings is 2. The molecule has 0 aliphatic heterocycles. The third-order valence-corrected chi connectivity index (χ3v) is 6.28. The molecule has 4 nitrogen and oxygen atoms in total. The minimum atomic E-state index is -0.668. The van der Waals surface area contributed by atoms with Gasteiger partial charge >= 0.3 is 0 Å². The average molecular weight is 440 g/mol. The number of carbonyl (C=O) groups is 1. The number of Topliss-reactive ketones (excluding diaryl/α,β-unsaturated/α-hetero) is 1. The molecule has 2 aromatic carbocycles. The van der Waals surface area contributed by atoms with Gasteiger partial charge in [0.1, 0.15) is 4.33 Å². The smallest absolute Gasteiger partial charge is 0.277 e. The third-order valence-electron chi connectivity index (χ3n) is 4.30. The highest BCUT2D eigenvalue weighted by Gasteiger charge is 2.52. The zero-order valence-electron chi connectivity index (χ0n) is 13.9. The molecule has 1 fully saturated rings. The fourth-order valence-corrected chi connectivity index (χ4v) is 4.13. The van der Waals surface area contributed by atoms with Crippen LogP contribution < -0.4 is 0 Å². The Kier molecular flexibility index (Phi) is 5.21. The highest BCUT2D eigenvalue weighted by atomic mass is 35.5. The van der Waals surface area contributed by atoms with Crippen LogP contribution in [0.1, 0.15) is 28.3 Å². The standard InChI is InChI=1S/C19H13Cl3N2O2S/c20-15-4-2-1-3-13(15)17-23-24-18(26-17)27-10-16(25)12-7-5-11(6-8-12)14-9-19(14,21)22/h1-8,14H,9-10H2/t14-/m1/s1. The van der Waals surface area contributed by atoms with E-state index in [4.69, 9.17) is 39.2 Å². The van der Waals surface area contributed by atoms with E-state index in [1.165, 1.54) is 11.8 Å². The Morgan fingerprint density at radius 1 is 1.15 bits per heavy atom. The van der Waals surface area contributed by atoms with E-state index in [2.05, 4.69) is 10.2 Å². The molecule has 0 amide bonds. The molecular formula is C19H13Cl3N2O2S. The van der Waals surface area contributed by atoms with Gasteiger partial charge in [0.15, 0.2) is 5.78 Å². The molecule has 0 N–H and O–H groups in total. The lowest BCUT2D eigenvalue weighted by Gasteiger charge is -2.03. The van der Waals surface area contributed by atoms with Gasteiger partial charge in [0.2, 0.25) is 5.89 Å². The van der Waals surface area contributed by atoms with Crippen molar-refractivity contribution in [3.63, 3.8) is 0 Å². The fraction of sp³-hybridized carbons (Fsp3) is 0.211. The first-order valence-electron chi connectivity index (χ1n) is 8.16. The van der Waals surface area contributed by atoms with Crippen LogP contribution in [0.15, 0.2) is 58.2 Å². The minimum Gasteiger partial charge on any atom is -0.411 e. The lowest BCUT2D eigenvalue weighted by Crippen LogP contribution is -2.02. The summed E-state index contributed by atoms with van der Waals surface area (Å²) in [5.41, 5.74) is 2.33. The predicted molar refractivity (Wildman–Crippen MR) is 108 cm³/mol. The molecule has 0 saturated heterocycles. The number of nitrogens with zero attached hydrogens (tertiary/aromatic N) is 2. The first-order chi connectivity index (χ1) is 12.9. The van der Waals surface area contributed by atoms with Crippen molar-refractivity contribution >= 4 is 52.3 Å². The maximum atomic E-state index is 12.4. The number of aromatic nitrogens is 2. The molecule has 0 bridgehead atoms. The maximum Gasteiger partial charge on any atom is 0.277 e. The molecule has 138 valence electrons. The number of ketones is 1. The summed E-state index contributed by atoms with van der Waals surface area (Å²) < 4.78 is 4.93. The molecule has 1 heterocycles. The van der Waals surface area contributed by atoms with Gasteiger partial charge in [-0.1, -0.05) is 59.8 Å². The Morgan fingerprint density at radius 3 is 2.52 bits per heavy atom. The van der Waals surface area contributed by atoms with Crippen molar-refractivity contribution in [2.75, 3.05) is 5.75 Å². The molecule has 1 aliphatic carbocycles. The molecule has 0 spiro atoms. The van der Waals surface area contributed by atoms with E-state index in [1.54, 1.807) is 24.3 Å². The van der Waals surface area contributed by atoms with Gasteiger partial charge in [0.05, 0.1) is 16.3 Å². The summed E-state index contributed by atoms with van der Waals surface area (Å²) in [7, 11) is 0. The van der Waals surface area contributed by atoms with Gasteiger partial charge in [-0.2, -0.15) is 0 Å². The number of carbonyl (C=O) groups excluding carboxylic acids is 1. The van der Waals surface area contributed by atoms with Crippen molar-refractivity contribution in [2.45, 2.75) is 21.9 Å². The molecule has 4 rings (SSSR count). The molecule has 1 saturated carbocycles. The van der Waals surface area contributed by atoms with Gasteiger partial charge in [-0.25, -0.2) is 0 Å². The van der Waals surface area contributed by atoms with Crippen molar-refractivity contribution in [1.29, 1.82) is 0 Å². The minimum absolute atomic E-state index is 0.0251. The first-order valence-corrected chi connectivity index (χ1v) is 10.3. The van der Waals surface area contributed by atoms with Crippen LogP contribution in [0, 0.1) is 0 Å². The van der Waals surface area contributed by atoms with Crippen molar-refractivity contribution in [1.82, 2.24) is 10.2 Å². The molecule has 0 unspecified atom stereocenters. The first kappa shape index (κ1) is 18.8. The van der Waals surface area contributed by atoms with Gasteiger partial charge in [0, 0.05) is 11.5 Å². The molecule has 1 atom stereocenters. The summed E-state index contributed by atoms with van der Waals surface area (Å²) in [6.45, 7) is 0. The maximum absolute atomic E-state index is 12.4. The average Bonchev–Trinajstić information content (AvgIpc) is 3.08. The van der Waals surface area contributed by atoms with Crippen LogP contribution in [0.25, 0.3) is 11.5 Å². The predicted octanol–water partition coefficient (Wildman–Crippen LogP) is 6.03. The largest absolute Gasteiger partial charge is 0.411 e. The molecule has 27 heavy (non-hydrogen) atoms. The van der Waals surface area contributed by atoms with Gasteiger partial charge < -0.3 is 4.42 Å². The number of halogens is 3. The summed E-state index contributed by atoms with van der Waals surface area (Å²) in [5.74, 6) is 0.640. The Labute approximate surface area is 175 Å². The Bertz CT molecular complexity index is 989. The van der Waals surface area contributed by atoms with Crippen LogP contribution in [-0.4, -0.2) is 26.1 Å². The summed E-state index contributed by atoms with van der Waals surface area (Å²) >= 11 is 19.5. The van der Waals surface area contributed by atoms with E-state index in [-0.39, 0.29) is 17.5 Å². The third kappa shape index (κ3) is 4.16. The van der Waals surface area contributed by atoms with Crippen LogP contribution in [0.3, 0.4) is 0 Å². The normalized spacial score (nSPS) is 17.7. The SMILES string of the molecule is O=C(CSc1nnc(-c2ccccc2Cl)o1)c1ccc([C@H]2CC2(Cl)Cl)cc1. The Hall–Kier alpha value is -1.53. The number of hydrogen-bond acceptors (Lipinski definition) is 5. The number of alkyl halides is 2. The molecular weight excluding hydrogens is 427 g/mol. The number of hydrogen-bond donors (Lipinski definition) is 0. The summed E-state index contributed by atoms with van der Waals surface area (Å²) in [4.78, 5) is 12.4. The highest BCUT2D eigenvalue weighted by molar-refractivity contribution is 7.99. The quantitative estimate of drug-likeness (QED) is 0.267. The summed E-state index contributed by atoms with van der Waals surface area (Å²) in [5, 5.41) is 8.81.